The first-order chi connectivity index (χ1) is 13.6. The van der Waals surface area contributed by atoms with Crippen LogP contribution in [-0.4, -0.2) is 22.4 Å². The highest BCUT2D eigenvalue weighted by Crippen LogP contribution is 2.21. The molecule has 0 radical (unpaired) electrons. The van der Waals surface area contributed by atoms with Gasteiger partial charge in [-0.3, -0.25) is 25.0 Å². The van der Waals surface area contributed by atoms with Crippen LogP contribution in [0, 0.1) is 0 Å². The summed E-state index contributed by atoms with van der Waals surface area (Å²) in [4.78, 5) is 36.3. The molecular weight excluding hydrogens is 362 g/mol. The summed E-state index contributed by atoms with van der Waals surface area (Å²) in [6.07, 6.45) is 0.539. The topological polar surface area (TPSA) is 117 Å². The summed E-state index contributed by atoms with van der Waals surface area (Å²) in [6, 6.07) is 16.1. The molecule has 9 heteroatoms. The summed E-state index contributed by atoms with van der Waals surface area (Å²) in [6.45, 7) is -0.265. The molecule has 0 saturated carbocycles. The maximum Gasteiger partial charge on any atom is 0.420 e. The average molecular weight is 381 g/mol. The second-order valence-electron chi connectivity index (χ2n) is 6.50. The van der Waals surface area contributed by atoms with Gasteiger partial charge in [-0.05, 0) is 24.1 Å². The lowest BCUT2D eigenvalue weighted by molar-refractivity contribution is -0.130. The van der Waals surface area contributed by atoms with Gasteiger partial charge in [0.05, 0.1) is 5.52 Å². The van der Waals surface area contributed by atoms with E-state index >= 15 is 0 Å². The molecule has 0 bridgehead atoms. The van der Waals surface area contributed by atoms with Crippen molar-refractivity contribution in [3.63, 3.8) is 0 Å². The Morgan fingerprint density at radius 3 is 2.61 bits per heavy atom. The molecule has 2 atom stereocenters. The van der Waals surface area contributed by atoms with E-state index in [1.807, 2.05) is 30.3 Å². The molecule has 1 aromatic heterocycles. The van der Waals surface area contributed by atoms with Gasteiger partial charge in [0, 0.05) is 6.04 Å². The van der Waals surface area contributed by atoms with Gasteiger partial charge < -0.3 is 4.42 Å². The number of hydrogen-bond acceptors (Lipinski definition) is 6. The zero-order valence-electron chi connectivity index (χ0n) is 14.8. The molecular formula is C19H19N5O4. The summed E-state index contributed by atoms with van der Waals surface area (Å²) in [5, 5.41) is 0. The number of nitrogens with zero attached hydrogens (tertiary/aromatic N) is 1. The van der Waals surface area contributed by atoms with Gasteiger partial charge in [-0.2, -0.15) is 0 Å². The van der Waals surface area contributed by atoms with Crippen molar-refractivity contribution in [3.05, 3.63) is 70.7 Å². The Morgan fingerprint density at radius 1 is 1.04 bits per heavy atom. The summed E-state index contributed by atoms with van der Waals surface area (Å²) < 4.78 is 6.29. The van der Waals surface area contributed by atoms with Gasteiger partial charge in [0.15, 0.2) is 5.58 Å². The predicted molar refractivity (Wildman–Crippen MR) is 101 cm³/mol. The van der Waals surface area contributed by atoms with Gasteiger partial charge in [-0.1, -0.05) is 42.5 Å². The number of carbonyl (C=O) groups excluding carboxylic acids is 2. The van der Waals surface area contributed by atoms with Crippen LogP contribution in [0.2, 0.25) is 0 Å². The Balaban J connectivity index is 1.32. The molecule has 2 unspecified atom stereocenters. The van der Waals surface area contributed by atoms with Crippen molar-refractivity contribution >= 4 is 22.9 Å². The van der Waals surface area contributed by atoms with E-state index in [0.29, 0.717) is 17.5 Å². The van der Waals surface area contributed by atoms with Crippen LogP contribution in [-0.2, 0) is 16.1 Å². The van der Waals surface area contributed by atoms with E-state index in [2.05, 4.69) is 21.7 Å². The van der Waals surface area contributed by atoms with Gasteiger partial charge >= 0.3 is 5.76 Å². The van der Waals surface area contributed by atoms with Crippen LogP contribution >= 0.6 is 0 Å². The molecule has 0 aliphatic carbocycles. The molecule has 1 aliphatic rings. The minimum Gasteiger partial charge on any atom is -0.408 e. The number of carbonyl (C=O) groups is 2. The van der Waals surface area contributed by atoms with E-state index in [0.717, 1.165) is 5.56 Å². The number of aromatic nitrogens is 1. The molecule has 1 aliphatic heterocycles. The third kappa shape index (κ3) is 3.66. The average Bonchev–Trinajstić information content (AvgIpc) is 3.32. The quantitative estimate of drug-likeness (QED) is 0.485. The van der Waals surface area contributed by atoms with E-state index < -0.39 is 17.7 Å². The normalized spacial score (nSPS) is 18.9. The highest BCUT2D eigenvalue weighted by molar-refractivity contribution is 5.86. The first kappa shape index (κ1) is 18.0. The molecule has 1 saturated heterocycles. The standard InChI is InChI=1S/C19H19N5O4/c25-17(11-24-15-8-4-5-9-16(15)28-19(24)27)22-23-18(26)14-10-13(20-21-14)12-6-2-1-3-7-12/h1-9,13-14,20-21H,10-11H2,(H,22,25)(H,23,26). The molecule has 4 rings (SSSR count). The lowest BCUT2D eigenvalue weighted by Crippen LogP contribution is -2.51. The smallest absolute Gasteiger partial charge is 0.408 e. The fourth-order valence-corrected chi connectivity index (χ4v) is 3.20. The summed E-state index contributed by atoms with van der Waals surface area (Å²) >= 11 is 0. The van der Waals surface area contributed by atoms with Crippen molar-refractivity contribution in [1.29, 1.82) is 0 Å². The zero-order valence-corrected chi connectivity index (χ0v) is 14.8. The van der Waals surface area contributed by atoms with Gasteiger partial charge in [-0.15, -0.1) is 0 Å². The number of benzene rings is 2. The second kappa shape index (κ2) is 7.67. The molecule has 3 aromatic rings. The lowest BCUT2D eigenvalue weighted by Gasteiger charge is -2.12. The van der Waals surface area contributed by atoms with E-state index in [9.17, 15) is 14.4 Å². The van der Waals surface area contributed by atoms with Crippen LogP contribution in [0.4, 0.5) is 0 Å². The number of amides is 2. The third-order valence-electron chi connectivity index (χ3n) is 4.62. The van der Waals surface area contributed by atoms with Gasteiger partial charge in [0.2, 0.25) is 0 Å². The van der Waals surface area contributed by atoms with E-state index in [-0.39, 0.29) is 18.5 Å². The van der Waals surface area contributed by atoms with E-state index in [4.69, 9.17) is 4.42 Å². The predicted octanol–water partition coefficient (Wildman–Crippen LogP) is 0.350. The number of hydrazine groups is 2. The molecule has 1 fully saturated rings. The van der Waals surface area contributed by atoms with Crippen LogP contribution < -0.4 is 27.5 Å². The number of nitrogens with one attached hydrogen (secondary N) is 4. The van der Waals surface area contributed by atoms with Crippen molar-refractivity contribution in [2.24, 2.45) is 0 Å². The van der Waals surface area contributed by atoms with Crippen LogP contribution in [0.3, 0.4) is 0 Å². The number of fused-ring (bicyclic) bond motifs is 1. The Morgan fingerprint density at radius 2 is 1.79 bits per heavy atom. The van der Waals surface area contributed by atoms with Crippen molar-refractivity contribution < 1.29 is 14.0 Å². The summed E-state index contributed by atoms with van der Waals surface area (Å²) in [5.41, 5.74) is 12.7. The van der Waals surface area contributed by atoms with Crippen molar-refractivity contribution in [3.8, 4) is 0 Å². The maximum absolute atomic E-state index is 12.3. The summed E-state index contributed by atoms with van der Waals surface area (Å²) in [5.74, 6) is -1.54. The zero-order chi connectivity index (χ0) is 19.5. The van der Waals surface area contributed by atoms with Crippen molar-refractivity contribution in [1.82, 2.24) is 26.3 Å². The van der Waals surface area contributed by atoms with Gasteiger partial charge in [0.1, 0.15) is 12.6 Å². The monoisotopic (exact) mass is 381 g/mol. The molecule has 9 nitrogen and oxygen atoms in total. The van der Waals surface area contributed by atoms with Crippen molar-refractivity contribution in [2.75, 3.05) is 0 Å². The fourth-order valence-electron chi connectivity index (χ4n) is 3.20. The molecule has 2 amide bonds. The minimum atomic E-state index is -0.630. The van der Waals surface area contributed by atoms with E-state index in [1.165, 1.54) is 4.57 Å². The van der Waals surface area contributed by atoms with E-state index in [1.54, 1.807) is 24.3 Å². The Kier molecular flexibility index (Phi) is 4.92. The summed E-state index contributed by atoms with van der Waals surface area (Å²) in [7, 11) is 0. The number of rotatable bonds is 4. The minimum absolute atomic E-state index is 0.00326. The van der Waals surface area contributed by atoms with Crippen LogP contribution in [0.1, 0.15) is 18.0 Å². The first-order valence-electron chi connectivity index (χ1n) is 8.85. The van der Waals surface area contributed by atoms with Crippen LogP contribution in [0.25, 0.3) is 11.1 Å². The SMILES string of the molecule is O=C(Cn1c(=O)oc2ccccc21)NNC(=O)C1CC(c2ccccc2)NN1. The first-order valence-corrected chi connectivity index (χ1v) is 8.85. The van der Waals surface area contributed by atoms with Crippen molar-refractivity contribution in [2.45, 2.75) is 25.0 Å². The molecule has 2 aromatic carbocycles. The fraction of sp³-hybridized carbons (Fsp3) is 0.211. The highest BCUT2D eigenvalue weighted by atomic mass is 16.4. The Labute approximate surface area is 159 Å². The molecule has 28 heavy (non-hydrogen) atoms. The number of oxazole rings is 1. The second-order valence-corrected chi connectivity index (χ2v) is 6.50. The van der Waals surface area contributed by atoms with Gasteiger partial charge in [-0.25, -0.2) is 15.6 Å². The number of hydrogen-bond donors (Lipinski definition) is 4. The molecule has 144 valence electrons. The van der Waals surface area contributed by atoms with Crippen LogP contribution in [0.5, 0.6) is 0 Å². The Hall–Kier alpha value is -3.43. The van der Waals surface area contributed by atoms with Gasteiger partial charge in [0.25, 0.3) is 11.8 Å². The molecule has 2 heterocycles. The number of para-hydroxylation sites is 2. The highest BCUT2D eigenvalue weighted by Gasteiger charge is 2.30. The third-order valence-corrected chi connectivity index (χ3v) is 4.62. The molecule has 0 spiro atoms. The largest absolute Gasteiger partial charge is 0.420 e. The maximum atomic E-state index is 12.3. The Bertz CT molecular complexity index is 1060. The molecule has 4 N–H and O–H groups in total. The lowest BCUT2D eigenvalue weighted by atomic mass is 10.0. The van der Waals surface area contributed by atoms with Crippen LogP contribution in [0.15, 0.2) is 63.8 Å².